The minimum Gasteiger partial charge on any atom is -0.321 e. The maximum Gasteiger partial charge on any atom is 0.416 e. The third kappa shape index (κ3) is 4.40. The molecule has 2 N–H and O–H groups in total. The molecule has 0 fully saturated rings. The summed E-state index contributed by atoms with van der Waals surface area (Å²) in [6, 6.07) is 8.32. The fourth-order valence-electron chi connectivity index (χ4n) is 2.21. The lowest BCUT2D eigenvalue weighted by molar-refractivity contribution is -0.137. The second-order valence-corrected chi connectivity index (χ2v) is 5.52. The van der Waals surface area contributed by atoms with Gasteiger partial charge in [0.25, 0.3) is 5.91 Å². The predicted octanol–water partition coefficient (Wildman–Crippen LogP) is 4.77. The van der Waals surface area contributed by atoms with E-state index in [-0.39, 0.29) is 17.3 Å². The predicted molar refractivity (Wildman–Crippen MR) is 91.1 cm³/mol. The van der Waals surface area contributed by atoms with Crippen molar-refractivity contribution < 1.29 is 26.7 Å². The van der Waals surface area contributed by atoms with Crippen LogP contribution in [0.1, 0.15) is 16.1 Å². The maximum atomic E-state index is 13.7. The highest BCUT2D eigenvalue weighted by atomic mass is 19.4. The Morgan fingerprint density at radius 2 is 1.57 bits per heavy atom. The number of halogens is 5. The first-order valence-electron chi connectivity index (χ1n) is 7.77. The summed E-state index contributed by atoms with van der Waals surface area (Å²) in [7, 11) is 0. The molecule has 0 aliphatic heterocycles. The summed E-state index contributed by atoms with van der Waals surface area (Å²) in [4.78, 5) is 19.9. The van der Waals surface area contributed by atoms with Crippen LogP contribution in [0.4, 0.5) is 39.3 Å². The van der Waals surface area contributed by atoms with E-state index in [0.717, 1.165) is 36.4 Å². The van der Waals surface area contributed by atoms with Gasteiger partial charge in [-0.15, -0.1) is 0 Å². The first-order chi connectivity index (χ1) is 13.2. The molecule has 1 heterocycles. The van der Waals surface area contributed by atoms with Crippen molar-refractivity contribution in [1.82, 2.24) is 9.97 Å². The van der Waals surface area contributed by atoms with Crippen molar-refractivity contribution in [2.45, 2.75) is 6.18 Å². The molecule has 0 aliphatic carbocycles. The third-order valence-corrected chi connectivity index (χ3v) is 3.56. The number of rotatable bonds is 4. The molecule has 2 aromatic carbocycles. The molecule has 0 bridgehead atoms. The number of carbonyl (C=O) groups is 1. The summed E-state index contributed by atoms with van der Waals surface area (Å²) in [6.45, 7) is 0. The fourth-order valence-corrected chi connectivity index (χ4v) is 2.21. The third-order valence-electron chi connectivity index (χ3n) is 3.56. The molecule has 0 saturated carbocycles. The smallest absolute Gasteiger partial charge is 0.321 e. The van der Waals surface area contributed by atoms with Crippen molar-refractivity contribution in [2.24, 2.45) is 0 Å². The van der Waals surface area contributed by atoms with Gasteiger partial charge in [-0.2, -0.15) is 13.2 Å². The van der Waals surface area contributed by atoms with E-state index in [4.69, 9.17) is 0 Å². The molecule has 10 heteroatoms. The topological polar surface area (TPSA) is 66.9 Å². The molecular formula is C18H11F5N4O. The fraction of sp³-hybridized carbons (Fsp3) is 0.0556. The lowest BCUT2D eigenvalue weighted by atomic mass is 10.2. The molecule has 0 saturated heterocycles. The normalized spacial score (nSPS) is 11.2. The van der Waals surface area contributed by atoms with Crippen LogP contribution in [-0.2, 0) is 6.18 Å². The van der Waals surface area contributed by atoms with Gasteiger partial charge >= 0.3 is 6.18 Å². The van der Waals surface area contributed by atoms with Crippen molar-refractivity contribution in [3.8, 4) is 0 Å². The molecular weight excluding hydrogens is 383 g/mol. The SMILES string of the molecule is O=C(Nc1ccc(C(F)(F)F)cc1)c1ccnc(Nc2c(F)cccc2F)n1. The zero-order valence-electron chi connectivity index (χ0n) is 13.9. The van der Waals surface area contributed by atoms with Crippen molar-refractivity contribution in [1.29, 1.82) is 0 Å². The molecule has 0 unspecified atom stereocenters. The molecule has 5 nitrogen and oxygen atoms in total. The first-order valence-corrected chi connectivity index (χ1v) is 7.77. The molecule has 28 heavy (non-hydrogen) atoms. The molecule has 1 amide bonds. The molecule has 0 atom stereocenters. The van der Waals surface area contributed by atoms with Crippen LogP contribution in [0.5, 0.6) is 0 Å². The molecule has 1 aromatic heterocycles. The van der Waals surface area contributed by atoms with E-state index >= 15 is 0 Å². The average Bonchev–Trinajstić information content (AvgIpc) is 2.65. The minimum absolute atomic E-state index is 0.117. The van der Waals surface area contributed by atoms with E-state index in [2.05, 4.69) is 20.6 Å². The number of nitrogens with one attached hydrogen (secondary N) is 2. The highest BCUT2D eigenvalue weighted by Crippen LogP contribution is 2.30. The van der Waals surface area contributed by atoms with E-state index < -0.39 is 35.0 Å². The standard InChI is InChI=1S/C18H11F5N4O/c19-12-2-1-3-13(20)15(12)27-17-24-9-8-14(26-17)16(28)25-11-6-4-10(5-7-11)18(21,22)23/h1-9H,(H,25,28)(H,24,26,27). The Kier molecular flexibility index (Phi) is 5.21. The van der Waals surface area contributed by atoms with E-state index in [1.807, 2.05) is 0 Å². The van der Waals surface area contributed by atoms with Gasteiger partial charge in [0.2, 0.25) is 5.95 Å². The van der Waals surface area contributed by atoms with Crippen LogP contribution in [0.25, 0.3) is 0 Å². The zero-order chi connectivity index (χ0) is 20.3. The Morgan fingerprint density at radius 3 is 2.18 bits per heavy atom. The summed E-state index contributed by atoms with van der Waals surface area (Å²) in [5, 5.41) is 4.72. The lowest BCUT2D eigenvalue weighted by Gasteiger charge is -2.10. The van der Waals surface area contributed by atoms with Crippen molar-refractivity contribution in [3.05, 3.63) is 77.6 Å². The van der Waals surface area contributed by atoms with Crippen LogP contribution in [0.2, 0.25) is 0 Å². The quantitative estimate of drug-likeness (QED) is 0.626. The summed E-state index contributed by atoms with van der Waals surface area (Å²) >= 11 is 0. The van der Waals surface area contributed by atoms with Crippen LogP contribution in [0.15, 0.2) is 54.7 Å². The minimum atomic E-state index is -4.49. The summed E-state index contributed by atoms with van der Waals surface area (Å²) in [6.07, 6.45) is -3.30. The van der Waals surface area contributed by atoms with Gasteiger partial charge in [-0.3, -0.25) is 4.79 Å². The number of hydrogen-bond acceptors (Lipinski definition) is 4. The van der Waals surface area contributed by atoms with E-state index in [1.165, 1.54) is 18.3 Å². The summed E-state index contributed by atoms with van der Waals surface area (Å²) < 4.78 is 65.1. The van der Waals surface area contributed by atoms with Gasteiger partial charge in [-0.05, 0) is 42.5 Å². The van der Waals surface area contributed by atoms with Crippen LogP contribution < -0.4 is 10.6 Å². The summed E-state index contributed by atoms with van der Waals surface area (Å²) in [5.74, 6) is -2.71. The van der Waals surface area contributed by atoms with E-state index in [9.17, 15) is 26.7 Å². The van der Waals surface area contributed by atoms with Gasteiger partial charge in [0, 0.05) is 11.9 Å². The van der Waals surface area contributed by atoms with Crippen LogP contribution in [0, 0.1) is 11.6 Å². The number of para-hydroxylation sites is 1. The van der Waals surface area contributed by atoms with E-state index in [0.29, 0.717) is 0 Å². The molecule has 144 valence electrons. The van der Waals surface area contributed by atoms with Crippen LogP contribution >= 0.6 is 0 Å². The van der Waals surface area contributed by atoms with Gasteiger partial charge in [-0.25, -0.2) is 18.7 Å². The second kappa shape index (κ2) is 7.59. The Hall–Kier alpha value is -3.56. The van der Waals surface area contributed by atoms with Gasteiger partial charge in [-0.1, -0.05) is 6.07 Å². The Balaban J connectivity index is 1.75. The van der Waals surface area contributed by atoms with Gasteiger partial charge in [0.15, 0.2) is 0 Å². The zero-order valence-corrected chi connectivity index (χ0v) is 13.9. The van der Waals surface area contributed by atoms with Gasteiger partial charge < -0.3 is 10.6 Å². The molecule has 3 rings (SSSR count). The molecule has 0 radical (unpaired) electrons. The lowest BCUT2D eigenvalue weighted by Crippen LogP contribution is -2.15. The van der Waals surface area contributed by atoms with Crippen LogP contribution in [-0.4, -0.2) is 15.9 Å². The molecule has 0 aliphatic rings. The number of hydrogen-bond donors (Lipinski definition) is 2. The maximum absolute atomic E-state index is 13.7. The number of nitrogens with zero attached hydrogens (tertiary/aromatic N) is 2. The Labute approximate surface area is 155 Å². The second-order valence-electron chi connectivity index (χ2n) is 5.52. The number of anilines is 3. The number of carbonyl (C=O) groups excluding carboxylic acids is 1. The van der Waals surface area contributed by atoms with Crippen molar-refractivity contribution >= 4 is 23.2 Å². The number of alkyl halides is 3. The van der Waals surface area contributed by atoms with Crippen molar-refractivity contribution in [2.75, 3.05) is 10.6 Å². The number of aromatic nitrogens is 2. The van der Waals surface area contributed by atoms with Crippen LogP contribution in [0.3, 0.4) is 0 Å². The van der Waals surface area contributed by atoms with Gasteiger partial charge in [0.05, 0.1) is 5.56 Å². The highest BCUT2D eigenvalue weighted by Gasteiger charge is 2.30. The monoisotopic (exact) mass is 394 g/mol. The Morgan fingerprint density at radius 1 is 0.929 bits per heavy atom. The molecule has 3 aromatic rings. The number of amides is 1. The summed E-state index contributed by atoms with van der Waals surface area (Å²) in [5.41, 5.74) is -1.38. The molecule has 0 spiro atoms. The van der Waals surface area contributed by atoms with E-state index in [1.54, 1.807) is 0 Å². The Bertz CT molecular complexity index is 985. The highest BCUT2D eigenvalue weighted by molar-refractivity contribution is 6.03. The largest absolute Gasteiger partial charge is 0.416 e. The number of benzene rings is 2. The first kappa shape index (κ1) is 19.2. The van der Waals surface area contributed by atoms with Gasteiger partial charge in [0.1, 0.15) is 23.0 Å². The van der Waals surface area contributed by atoms with Crippen molar-refractivity contribution in [3.63, 3.8) is 0 Å². The average molecular weight is 394 g/mol.